The van der Waals surface area contributed by atoms with Gasteiger partial charge in [-0.3, -0.25) is 9.59 Å². The first kappa shape index (κ1) is 16.2. The third-order valence-electron chi connectivity index (χ3n) is 0.498. The van der Waals surface area contributed by atoms with Gasteiger partial charge in [0, 0.05) is 0 Å². The van der Waals surface area contributed by atoms with Crippen molar-refractivity contribution in [1.82, 2.24) is 0 Å². The van der Waals surface area contributed by atoms with Crippen molar-refractivity contribution < 1.29 is 43.7 Å². The second-order valence-electron chi connectivity index (χ2n) is 1.58. The summed E-state index contributed by atoms with van der Waals surface area (Å²) in [5, 5.41) is 0. The van der Waals surface area contributed by atoms with Crippen molar-refractivity contribution in [3.63, 3.8) is 0 Å². The average Bonchev–Trinajstić information content (AvgIpc) is 1.27. The predicted molar refractivity (Wildman–Crippen MR) is 26.0 cm³/mol. The summed E-state index contributed by atoms with van der Waals surface area (Å²) in [4.78, 5) is 20.1. The van der Waals surface area contributed by atoms with Crippen LogP contribution in [0.1, 0.15) is 20.3 Å². The van der Waals surface area contributed by atoms with Gasteiger partial charge in [0.15, 0.2) is 0 Å². The second-order valence-corrected chi connectivity index (χ2v) is 1.58. The Morgan fingerprint density at radius 3 is 1.22 bits per heavy atom. The van der Waals surface area contributed by atoms with Crippen LogP contribution in [0.15, 0.2) is 0 Å². The van der Waals surface area contributed by atoms with E-state index in [1.165, 1.54) is 13.8 Å². The smallest absolute Gasteiger partial charge is 0.300 e. The molecule has 0 aliphatic rings. The van der Waals surface area contributed by atoms with E-state index in [1.807, 2.05) is 0 Å². The number of hydrogen-bond donors (Lipinski definition) is 0. The molecule has 0 fully saturated rings. The molecule has 4 heteroatoms. The Bertz CT molecular complexity index is 89.1. The van der Waals surface area contributed by atoms with Gasteiger partial charge >= 0.3 is 34.1 Å². The molecular weight excluding hydrogens is 202 g/mol. The van der Waals surface area contributed by atoms with E-state index in [2.05, 4.69) is 0 Å². The molecule has 0 aromatic rings. The van der Waals surface area contributed by atoms with Crippen molar-refractivity contribution in [1.29, 1.82) is 0 Å². The van der Waals surface area contributed by atoms with Crippen LogP contribution in [0.5, 0.6) is 0 Å². The number of hydrogen-bond acceptors (Lipinski definition) is 2. The molecule has 0 N–H and O–H groups in total. The van der Waals surface area contributed by atoms with Crippen LogP contribution in [-0.4, -0.2) is 11.6 Å². The third kappa shape index (κ3) is 17.8. The molecule has 0 aromatic heterocycles. The first-order chi connectivity index (χ1) is 3.13. The number of carbonyl (C=O) groups excluding carboxylic acids is 2. The molecule has 0 saturated carbocycles. The maximum absolute atomic E-state index is 10.0. The van der Waals surface area contributed by atoms with Gasteiger partial charge in [-0.05, 0) is 13.8 Å². The van der Waals surface area contributed by atoms with Crippen LogP contribution in [0.4, 0.5) is 0 Å². The third-order valence-corrected chi connectivity index (χ3v) is 0.498. The first-order valence-corrected chi connectivity index (χ1v) is 2.12. The predicted octanol–water partition coefficient (Wildman–Crippen LogP) is 0.549. The van der Waals surface area contributed by atoms with Gasteiger partial charge in [0.05, 0.1) is 6.42 Å². The number of rotatable bonds is 2. The molecule has 0 aromatic carbocycles. The Morgan fingerprint density at radius 1 is 1.00 bits per heavy atom. The first-order valence-electron chi connectivity index (χ1n) is 2.12. The standard InChI is InChI=1S/C5H8O2.2Mn/c1-4(6)3-5(2)7;;/h3H2,1-2H3;;/q;2*+3. The van der Waals surface area contributed by atoms with Crippen LogP contribution in [0, 0.1) is 0 Å². The van der Waals surface area contributed by atoms with E-state index in [0.29, 0.717) is 0 Å². The number of carbonyl (C=O) groups is 2. The minimum absolute atomic E-state index is 0. The van der Waals surface area contributed by atoms with Gasteiger partial charge in [-0.25, -0.2) is 0 Å². The Hall–Kier alpha value is 0.379. The van der Waals surface area contributed by atoms with E-state index >= 15 is 0 Å². The minimum Gasteiger partial charge on any atom is -0.300 e. The Balaban J connectivity index is -0.000000180. The minimum atomic E-state index is -0.0625. The Labute approximate surface area is 75.7 Å². The van der Waals surface area contributed by atoms with E-state index < -0.39 is 0 Å². The molecule has 0 rings (SSSR count). The van der Waals surface area contributed by atoms with Gasteiger partial charge in [-0.1, -0.05) is 0 Å². The molecule has 48 valence electrons. The molecule has 0 aliphatic carbocycles. The van der Waals surface area contributed by atoms with Gasteiger partial charge in [0.1, 0.15) is 11.6 Å². The van der Waals surface area contributed by atoms with Crippen molar-refractivity contribution in [3.05, 3.63) is 0 Å². The summed E-state index contributed by atoms with van der Waals surface area (Å²) in [6, 6.07) is 0. The monoisotopic (exact) mass is 210 g/mol. The van der Waals surface area contributed by atoms with Crippen LogP contribution >= 0.6 is 0 Å². The number of Topliss-reactive ketones (excluding diaryl/α,β-unsaturated/α-hetero) is 2. The van der Waals surface area contributed by atoms with E-state index in [4.69, 9.17) is 0 Å². The van der Waals surface area contributed by atoms with Crippen LogP contribution < -0.4 is 0 Å². The van der Waals surface area contributed by atoms with Crippen molar-refractivity contribution in [2.45, 2.75) is 20.3 Å². The fourth-order valence-corrected chi connectivity index (χ4v) is 0.351. The molecule has 0 unspecified atom stereocenters. The summed E-state index contributed by atoms with van der Waals surface area (Å²) < 4.78 is 0. The summed E-state index contributed by atoms with van der Waals surface area (Å²) in [7, 11) is 0. The molecule has 9 heavy (non-hydrogen) atoms. The SMILES string of the molecule is CC(=O)CC(C)=O.[Mn+3].[Mn+3]. The summed E-state index contributed by atoms with van der Waals surface area (Å²) in [5.41, 5.74) is 0. The Morgan fingerprint density at radius 2 is 1.22 bits per heavy atom. The molecular formula is C5H8Mn2O2+6. The molecule has 0 spiro atoms. The van der Waals surface area contributed by atoms with Gasteiger partial charge in [-0.2, -0.15) is 0 Å². The zero-order chi connectivity index (χ0) is 5.86. The van der Waals surface area contributed by atoms with Gasteiger partial charge < -0.3 is 0 Å². The maximum Gasteiger partial charge on any atom is 3.00 e. The zero-order valence-corrected chi connectivity index (χ0v) is 7.64. The zero-order valence-electron chi connectivity index (χ0n) is 5.28. The second kappa shape index (κ2) is 8.38. The van der Waals surface area contributed by atoms with Gasteiger partial charge in [0.2, 0.25) is 0 Å². The van der Waals surface area contributed by atoms with E-state index in [-0.39, 0.29) is 52.1 Å². The molecule has 0 atom stereocenters. The van der Waals surface area contributed by atoms with Gasteiger partial charge in [-0.15, -0.1) is 0 Å². The molecule has 0 heterocycles. The molecule has 0 aliphatic heterocycles. The van der Waals surface area contributed by atoms with Crippen LogP contribution in [0.3, 0.4) is 0 Å². The molecule has 0 saturated heterocycles. The van der Waals surface area contributed by atoms with Crippen molar-refractivity contribution >= 4 is 11.6 Å². The summed E-state index contributed by atoms with van der Waals surface area (Å²) in [5.74, 6) is -0.125. The number of ketones is 2. The fraction of sp³-hybridized carbons (Fsp3) is 0.600. The summed E-state index contributed by atoms with van der Waals surface area (Å²) >= 11 is 0. The van der Waals surface area contributed by atoms with Gasteiger partial charge in [0.25, 0.3) is 0 Å². The van der Waals surface area contributed by atoms with Crippen molar-refractivity contribution in [3.8, 4) is 0 Å². The van der Waals surface area contributed by atoms with E-state index in [9.17, 15) is 9.59 Å². The molecule has 0 amide bonds. The van der Waals surface area contributed by atoms with Crippen LogP contribution in [-0.2, 0) is 43.7 Å². The molecule has 0 bridgehead atoms. The maximum atomic E-state index is 10.0. The molecule has 2 nitrogen and oxygen atoms in total. The van der Waals surface area contributed by atoms with Crippen molar-refractivity contribution in [2.75, 3.05) is 0 Å². The van der Waals surface area contributed by atoms with E-state index in [0.717, 1.165) is 0 Å². The van der Waals surface area contributed by atoms with Crippen LogP contribution in [0.2, 0.25) is 0 Å². The van der Waals surface area contributed by atoms with Crippen LogP contribution in [0.25, 0.3) is 0 Å². The average molecular weight is 210 g/mol. The fourth-order valence-electron chi connectivity index (χ4n) is 0.351. The largest absolute Gasteiger partial charge is 3.00 e. The quantitative estimate of drug-likeness (QED) is 0.492. The summed E-state index contributed by atoms with van der Waals surface area (Å²) in [6.45, 7) is 2.81. The van der Waals surface area contributed by atoms with Crippen molar-refractivity contribution in [2.24, 2.45) is 0 Å². The Kier molecular flexibility index (Phi) is 15.1. The normalized spacial score (nSPS) is 6.44. The van der Waals surface area contributed by atoms with E-state index in [1.54, 1.807) is 0 Å². The molecule has 0 radical (unpaired) electrons. The topological polar surface area (TPSA) is 34.1 Å². The summed E-state index contributed by atoms with van der Waals surface area (Å²) in [6.07, 6.45) is 0.0833.